The highest BCUT2D eigenvalue weighted by Gasteiger charge is 2.16. The topological polar surface area (TPSA) is 129 Å². The van der Waals surface area contributed by atoms with E-state index in [1.165, 1.54) is 0 Å². The first-order chi connectivity index (χ1) is 15.3. The lowest BCUT2D eigenvalue weighted by Gasteiger charge is -2.19. The van der Waals surface area contributed by atoms with Gasteiger partial charge in [-0.2, -0.15) is 0 Å². The van der Waals surface area contributed by atoms with Crippen LogP contribution in [0.2, 0.25) is 0 Å². The third-order valence-electron chi connectivity index (χ3n) is 4.23. The molecule has 178 valence electrons. The number of aromatic amines is 1. The molecular formula is C22H30IN7O3. The normalized spacial score (nSPS) is 11.5. The number of rotatable bonds is 7. The van der Waals surface area contributed by atoms with Crippen molar-refractivity contribution in [1.29, 1.82) is 0 Å². The molecule has 2 aromatic heterocycles. The molecule has 1 aromatic carbocycles. The van der Waals surface area contributed by atoms with Crippen LogP contribution in [0.15, 0.2) is 52.1 Å². The van der Waals surface area contributed by atoms with Gasteiger partial charge in [-0.1, -0.05) is 12.1 Å². The number of amides is 1. The fourth-order valence-electron chi connectivity index (χ4n) is 2.78. The van der Waals surface area contributed by atoms with E-state index < -0.39 is 11.7 Å². The zero-order valence-electron chi connectivity index (χ0n) is 19.1. The highest BCUT2D eigenvalue weighted by Crippen LogP contribution is 2.14. The second-order valence-electron chi connectivity index (χ2n) is 8.01. The maximum Gasteiger partial charge on any atom is 0.412 e. The SMILES string of the molecule is CN=C(NCCc1ccc(NC(=O)OC(C)(C)C)cc1)NCc1nc(-c2ccco2)n[nH]1.I. The number of nitrogens with one attached hydrogen (secondary N) is 4. The fraction of sp³-hybridized carbons (Fsp3) is 0.364. The highest BCUT2D eigenvalue weighted by atomic mass is 127. The Bertz CT molecular complexity index is 1030. The zero-order valence-corrected chi connectivity index (χ0v) is 21.5. The molecule has 0 atom stereocenters. The molecule has 33 heavy (non-hydrogen) atoms. The minimum atomic E-state index is -0.530. The summed E-state index contributed by atoms with van der Waals surface area (Å²) in [5.41, 5.74) is 1.28. The number of ether oxygens (including phenoxy) is 1. The van der Waals surface area contributed by atoms with Gasteiger partial charge in [0.25, 0.3) is 0 Å². The van der Waals surface area contributed by atoms with E-state index in [0.29, 0.717) is 42.1 Å². The first-order valence-electron chi connectivity index (χ1n) is 10.3. The zero-order chi connectivity index (χ0) is 23.0. The largest absolute Gasteiger partial charge is 0.461 e. The molecule has 4 N–H and O–H groups in total. The standard InChI is InChI=1S/C22H29N7O3.HI/c1-22(2,3)32-21(30)26-16-9-7-15(8-10-16)11-12-24-20(23-4)25-14-18-27-19(29-28-18)17-6-5-13-31-17;/h5-10,13H,11-12,14H2,1-4H3,(H,26,30)(H2,23,24,25)(H,27,28,29);1H. The van der Waals surface area contributed by atoms with Crippen LogP contribution in [-0.2, 0) is 17.7 Å². The van der Waals surface area contributed by atoms with Gasteiger partial charge in [0.2, 0.25) is 5.82 Å². The van der Waals surface area contributed by atoms with Gasteiger partial charge in [0.15, 0.2) is 11.7 Å². The molecule has 3 aromatic rings. The smallest absolute Gasteiger partial charge is 0.412 e. The molecule has 2 heterocycles. The van der Waals surface area contributed by atoms with Gasteiger partial charge in [-0.15, -0.1) is 29.1 Å². The Morgan fingerprint density at radius 2 is 1.94 bits per heavy atom. The van der Waals surface area contributed by atoms with E-state index in [-0.39, 0.29) is 24.0 Å². The van der Waals surface area contributed by atoms with E-state index in [2.05, 4.69) is 36.1 Å². The van der Waals surface area contributed by atoms with Crippen molar-refractivity contribution < 1.29 is 13.9 Å². The van der Waals surface area contributed by atoms with Crippen LogP contribution in [0.25, 0.3) is 11.6 Å². The van der Waals surface area contributed by atoms with E-state index in [1.807, 2.05) is 45.0 Å². The van der Waals surface area contributed by atoms with Gasteiger partial charge in [-0.3, -0.25) is 15.4 Å². The number of guanidine groups is 1. The molecule has 0 aliphatic rings. The first-order valence-corrected chi connectivity index (χ1v) is 10.3. The van der Waals surface area contributed by atoms with E-state index in [0.717, 1.165) is 12.0 Å². The predicted molar refractivity (Wildman–Crippen MR) is 138 cm³/mol. The van der Waals surface area contributed by atoms with E-state index in [9.17, 15) is 4.79 Å². The number of hydrogen-bond donors (Lipinski definition) is 4. The van der Waals surface area contributed by atoms with Crippen LogP contribution in [0.3, 0.4) is 0 Å². The molecule has 0 radical (unpaired) electrons. The van der Waals surface area contributed by atoms with Crippen molar-refractivity contribution in [2.75, 3.05) is 18.9 Å². The average Bonchev–Trinajstić information content (AvgIpc) is 3.42. The second kappa shape index (κ2) is 12.2. The monoisotopic (exact) mass is 567 g/mol. The summed E-state index contributed by atoms with van der Waals surface area (Å²) in [7, 11) is 1.71. The van der Waals surface area contributed by atoms with Gasteiger partial charge >= 0.3 is 6.09 Å². The molecule has 0 spiro atoms. The van der Waals surface area contributed by atoms with Crippen LogP contribution in [0.5, 0.6) is 0 Å². The highest BCUT2D eigenvalue weighted by molar-refractivity contribution is 14.0. The molecule has 0 fully saturated rings. The van der Waals surface area contributed by atoms with Crippen LogP contribution in [0.4, 0.5) is 10.5 Å². The molecule has 0 aliphatic carbocycles. The number of halogens is 1. The lowest BCUT2D eigenvalue weighted by molar-refractivity contribution is 0.0636. The summed E-state index contributed by atoms with van der Waals surface area (Å²) in [6, 6.07) is 11.2. The summed E-state index contributed by atoms with van der Waals surface area (Å²) in [4.78, 5) is 20.4. The Kier molecular flexibility index (Phi) is 9.70. The van der Waals surface area contributed by atoms with Crippen molar-refractivity contribution >= 4 is 41.7 Å². The lowest BCUT2D eigenvalue weighted by atomic mass is 10.1. The van der Waals surface area contributed by atoms with Gasteiger partial charge < -0.3 is 19.8 Å². The molecule has 0 aliphatic heterocycles. The van der Waals surface area contributed by atoms with Gasteiger partial charge in [0.1, 0.15) is 11.4 Å². The summed E-state index contributed by atoms with van der Waals surface area (Å²) in [5.74, 6) is 2.46. The fourth-order valence-corrected chi connectivity index (χ4v) is 2.78. The summed E-state index contributed by atoms with van der Waals surface area (Å²) < 4.78 is 10.5. The number of furan rings is 1. The van der Waals surface area contributed by atoms with Crippen molar-refractivity contribution in [3.8, 4) is 11.6 Å². The molecular weight excluding hydrogens is 537 g/mol. The number of nitrogens with zero attached hydrogens (tertiary/aromatic N) is 3. The van der Waals surface area contributed by atoms with Gasteiger partial charge in [0, 0.05) is 19.3 Å². The number of aliphatic imine (C=N–C) groups is 1. The maximum absolute atomic E-state index is 11.8. The third kappa shape index (κ3) is 8.75. The van der Waals surface area contributed by atoms with Crippen molar-refractivity contribution in [3.05, 3.63) is 54.0 Å². The molecule has 3 rings (SSSR count). The molecule has 0 bridgehead atoms. The number of hydrogen-bond acceptors (Lipinski definition) is 6. The summed E-state index contributed by atoms with van der Waals surface area (Å²) in [6.45, 7) is 6.62. The molecule has 0 saturated heterocycles. The number of carbonyl (C=O) groups excluding carboxylic acids is 1. The Balaban J connectivity index is 0.00000385. The number of H-pyrrole nitrogens is 1. The van der Waals surface area contributed by atoms with Gasteiger partial charge in [-0.25, -0.2) is 9.78 Å². The minimum Gasteiger partial charge on any atom is -0.461 e. The van der Waals surface area contributed by atoms with Crippen molar-refractivity contribution in [3.63, 3.8) is 0 Å². The van der Waals surface area contributed by atoms with Crippen molar-refractivity contribution in [2.45, 2.75) is 39.3 Å². The maximum atomic E-state index is 11.8. The van der Waals surface area contributed by atoms with Crippen molar-refractivity contribution in [2.24, 2.45) is 4.99 Å². The van der Waals surface area contributed by atoms with E-state index in [1.54, 1.807) is 25.4 Å². The number of aromatic nitrogens is 3. The average molecular weight is 567 g/mol. The predicted octanol–water partition coefficient (Wildman–Crippen LogP) is 3.94. The summed E-state index contributed by atoms with van der Waals surface area (Å²) in [5, 5.41) is 16.2. The van der Waals surface area contributed by atoms with Crippen LogP contribution in [0.1, 0.15) is 32.2 Å². The van der Waals surface area contributed by atoms with Gasteiger partial charge in [0.05, 0.1) is 12.8 Å². The minimum absolute atomic E-state index is 0. The number of carbonyl (C=O) groups is 1. The Morgan fingerprint density at radius 1 is 1.18 bits per heavy atom. The van der Waals surface area contributed by atoms with Crippen LogP contribution in [0, 0.1) is 0 Å². The molecule has 11 heteroatoms. The summed E-state index contributed by atoms with van der Waals surface area (Å²) in [6.07, 6.45) is 1.91. The molecule has 0 saturated carbocycles. The summed E-state index contributed by atoms with van der Waals surface area (Å²) >= 11 is 0. The molecule has 0 unspecified atom stereocenters. The first kappa shape index (κ1) is 26.2. The second-order valence-corrected chi connectivity index (χ2v) is 8.01. The third-order valence-corrected chi connectivity index (χ3v) is 4.23. The quantitative estimate of drug-likeness (QED) is 0.193. The van der Waals surface area contributed by atoms with E-state index in [4.69, 9.17) is 9.15 Å². The van der Waals surface area contributed by atoms with Crippen LogP contribution in [-0.4, -0.2) is 46.4 Å². The van der Waals surface area contributed by atoms with Crippen LogP contribution >= 0.6 is 24.0 Å². The Morgan fingerprint density at radius 3 is 2.58 bits per heavy atom. The number of anilines is 1. The molecule has 10 nitrogen and oxygen atoms in total. The molecule has 1 amide bonds. The van der Waals surface area contributed by atoms with E-state index >= 15 is 0 Å². The number of benzene rings is 1. The van der Waals surface area contributed by atoms with Crippen LogP contribution < -0.4 is 16.0 Å². The van der Waals surface area contributed by atoms with Gasteiger partial charge in [-0.05, 0) is 57.0 Å². The Labute approximate surface area is 210 Å². The van der Waals surface area contributed by atoms with Crippen molar-refractivity contribution in [1.82, 2.24) is 25.8 Å². The lowest BCUT2D eigenvalue weighted by Crippen LogP contribution is -2.38. The Hall–Kier alpha value is -3.09.